The first-order valence-electron chi connectivity index (χ1n) is 2.47. The highest BCUT2D eigenvalue weighted by atomic mass is 32.1. The Bertz CT molecular complexity index is 270. The average Bonchev–Trinajstić information content (AvgIpc) is 2.10. The summed E-state index contributed by atoms with van der Waals surface area (Å²) in [4.78, 5) is 0.419. The van der Waals surface area contributed by atoms with Gasteiger partial charge in [-0.2, -0.15) is 5.10 Å². The second kappa shape index (κ2) is 2.14. The highest BCUT2D eigenvalue weighted by molar-refractivity contribution is 7.08. The number of aryl methyl sites for hydroxylation is 1. The summed E-state index contributed by atoms with van der Waals surface area (Å²) in [6.07, 6.45) is 1.52. The molecule has 0 radical (unpaired) electrons. The number of hydrogen-bond donors (Lipinski definition) is 1. The first kappa shape index (κ1) is 6.22. The van der Waals surface area contributed by atoms with E-state index < -0.39 is 0 Å². The molecule has 0 atom stereocenters. The zero-order chi connectivity index (χ0) is 6.85. The summed E-state index contributed by atoms with van der Waals surface area (Å²) in [6.45, 7) is 5.36. The molecule has 0 aliphatic carbocycles. The third-order valence-corrected chi connectivity index (χ3v) is 1.63. The molecule has 0 spiro atoms. The molecule has 0 fully saturated rings. The molecule has 1 aromatic heterocycles. The second-order valence-corrected chi connectivity index (χ2v) is 2.74. The van der Waals surface area contributed by atoms with E-state index in [-0.39, 0.29) is 0 Å². The Labute approximate surface area is 56.8 Å². The van der Waals surface area contributed by atoms with Gasteiger partial charge in [-0.1, -0.05) is 17.9 Å². The smallest absolute Gasteiger partial charge is 0.204 e. The first-order valence-corrected chi connectivity index (χ1v) is 3.29. The first-order chi connectivity index (χ1) is 4.24. The molecule has 1 heterocycles. The van der Waals surface area contributed by atoms with Crippen molar-refractivity contribution in [3.8, 4) is 0 Å². The Kier molecular flexibility index (Phi) is 1.48. The summed E-state index contributed by atoms with van der Waals surface area (Å²) < 4.78 is 1.44. The summed E-state index contributed by atoms with van der Waals surface area (Å²) in [5.41, 5.74) is 0. The minimum Gasteiger partial charge on any atom is -0.273 e. The highest BCUT2D eigenvalue weighted by Crippen LogP contribution is 1.93. The van der Waals surface area contributed by atoms with Crippen molar-refractivity contribution in [2.24, 2.45) is 0 Å². The van der Waals surface area contributed by atoms with Crippen LogP contribution in [0.5, 0.6) is 0 Å². The van der Waals surface area contributed by atoms with E-state index in [1.807, 2.05) is 6.92 Å². The average molecular weight is 141 g/mol. The minimum atomic E-state index is 0.419. The molecule has 1 N–H and O–H groups in total. The van der Waals surface area contributed by atoms with E-state index in [9.17, 15) is 0 Å². The molecule has 0 aliphatic heterocycles. The molecule has 1 aromatic rings. The van der Waals surface area contributed by atoms with Crippen LogP contribution in [0.15, 0.2) is 6.58 Å². The number of hydrogen-bond acceptors (Lipinski definition) is 3. The summed E-state index contributed by atoms with van der Waals surface area (Å²) in [5, 5.41) is 12.1. The Morgan fingerprint density at radius 3 is 2.78 bits per heavy atom. The fourth-order valence-corrected chi connectivity index (χ4v) is 1.15. The lowest BCUT2D eigenvalue weighted by Gasteiger charge is -1.82. The number of rotatable bonds is 1. The van der Waals surface area contributed by atoms with Crippen LogP contribution >= 0.6 is 11.3 Å². The van der Waals surface area contributed by atoms with Crippen molar-refractivity contribution in [3.05, 3.63) is 16.4 Å². The Morgan fingerprint density at radius 1 is 1.89 bits per heavy atom. The molecule has 0 aliphatic rings. The van der Waals surface area contributed by atoms with Gasteiger partial charge in [0.2, 0.25) is 4.80 Å². The van der Waals surface area contributed by atoms with E-state index in [0.29, 0.717) is 4.80 Å². The van der Waals surface area contributed by atoms with Gasteiger partial charge in [0.25, 0.3) is 0 Å². The predicted molar refractivity (Wildman–Crippen MR) is 37.1 cm³/mol. The lowest BCUT2D eigenvalue weighted by molar-refractivity contribution is 0.854. The highest BCUT2D eigenvalue weighted by Gasteiger charge is 1.91. The van der Waals surface area contributed by atoms with Crippen LogP contribution in [0, 0.1) is 12.3 Å². The third-order valence-electron chi connectivity index (χ3n) is 0.874. The fourth-order valence-electron chi connectivity index (χ4n) is 0.528. The van der Waals surface area contributed by atoms with Gasteiger partial charge in [-0.15, -0.1) is 0 Å². The lowest BCUT2D eigenvalue weighted by atomic mass is 10.9. The van der Waals surface area contributed by atoms with E-state index in [4.69, 9.17) is 5.41 Å². The summed E-state index contributed by atoms with van der Waals surface area (Å²) >= 11 is 1.34. The van der Waals surface area contributed by atoms with Gasteiger partial charge >= 0.3 is 0 Å². The number of aromatic nitrogens is 2. The Morgan fingerprint density at radius 2 is 2.56 bits per heavy atom. The van der Waals surface area contributed by atoms with Gasteiger partial charge in [0.05, 0.1) is 0 Å². The van der Waals surface area contributed by atoms with E-state index in [2.05, 4.69) is 11.7 Å². The van der Waals surface area contributed by atoms with Gasteiger partial charge in [0.1, 0.15) is 5.01 Å². The van der Waals surface area contributed by atoms with E-state index in [1.165, 1.54) is 22.2 Å². The SMILES string of the molecule is C=Cn1nc(C)sc1=N. The van der Waals surface area contributed by atoms with Crippen molar-refractivity contribution < 1.29 is 0 Å². The summed E-state index contributed by atoms with van der Waals surface area (Å²) in [5.74, 6) is 0. The molecule has 0 amide bonds. The maximum atomic E-state index is 7.24. The van der Waals surface area contributed by atoms with Crippen molar-refractivity contribution in [1.82, 2.24) is 9.78 Å². The molecule has 0 aromatic carbocycles. The molecular formula is C5H7N3S. The van der Waals surface area contributed by atoms with Crippen LogP contribution in [-0.4, -0.2) is 9.78 Å². The number of nitrogens with one attached hydrogen (secondary N) is 1. The van der Waals surface area contributed by atoms with Crippen LogP contribution in [0.4, 0.5) is 0 Å². The fraction of sp³-hybridized carbons (Fsp3) is 0.200. The number of nitrogens with zero attached hydrogens (tertiary/aromatic N) is 2. The van der Waals surface area contributed by atoms with Crippen molar-refractivity contribution in [3.63, 3.8) is 0 Å². The zero-order valence-corrected chi connectivity index (χ0v) is 5.90. The molecule has 4 heteroatoms. The molecule has 3 nitrogen and oxygen atoms in total. The third kappa shape index (κ3) is 1.08. The lowest BCUT2D eigenvalue weighted by Crippen LogP contribution is -2.06. The maximum absolute atomic E-state index is 7.24. The van der Waals surface area contributed by atoms with Crippen LogP contribution in [0.1, 0.15) is 5.01 Å². The molecule has 9 heavy (non-hydrogen) atoms. The molecule has 0 unspecified atom stereocenters. The molecule has 0 bridgehead atoms. The monoisotopic (exact) mass is 141 g/mol. The molecule has 48 valence electrons. The topological polar surface area (TPSA) is 41.7 Å². The molecule has 0 saturated carbocycles. The summed E-state index contributed by atoms with van der Waals surface area (Å²) in [6, 6.07) is 0. The van der Waals surface area contributed by atoms with Crippen molar-refractivity contribution in [1.29, 1.82) is 5.41 Å². The quantitative estimate of drug-likeness (QED) is 0.618. The van der Waals surface area contributed by atoms with Crippen molar-refractivity contribution in [2.75, 3.05) is 0 Å². The Balaban J connectivity index is 3.32. The largest absolute Gasteiger partial charge is 0.273 e. The Hall–Kier alpha value is -0.900. The van der Waals surface area contributed by atoms with Crippen LogP contribution < -0.4 is 4.80 Å². The maximum Gasteiger partial charge on any atom is 0.204 e. The van der Waals surface area contributed by atoms with Gasteiger partial charge in [-0.3, -0.25) is 5.41 Å². The van der Waals surface area contributed by atoms with E-state index >= 15 is 0 Å². The van der Waals surface area contributed by atoms with Crippen LogP contribution in [0.25, 0.3) is 6.20 Å². The van der Waals surface area contributed by atoms with Crippen LogP contribution in [-0.2, 0) is 0 Å². The summed E-state index contributed by atoms with van der Waals surface area (Å²) in [7, 11) is 0. The van der Waals surface area contributed by atoms with Gasteiger partial charge < -0.3 is 0 Å². The molecule has 0 saturated heterocycles. The van der Waals surface area contributed by atoms with Crippen LogP contribution in [0.2, 0.25) is 0 Å². The van der Waals surface area contributed by atoms with Crippen molar-refractivity contribution >= 4 is 17.5 Å². The van der Waals surface area contributed by atoms with Crippen LogP contribution in [0.3, 0.4) is 0 Å². The van der Waals surface area contributed by atoms with E-state index in [1.54, 1.807) is 0 Å². The van der Waals surface area contributed by atoms with Gasteiger partial charge in [-0.25, -0.2) is 4.68 Å². The van der Waals surface area contributed by atoms with Crippen molar-refractivity contribution in [2.45, 2.75) is 6.92 Å². The second-order valence-electron chi connectivity index (χ2n) is 1.55. The zero-order valence-electron chi connectivity index (χ0n) is 5.09. The van der Waals surface area contributed by atoms with Gasteiger partial charge in [0, 0.05) is 6.20 Å². The molecule has 1 rings (SSSR count). The normalized spacial score (nSPS) is 9.44. The standard InChI is InChI=1S/C5H7N3S/c1-3-8-5(6)9-4(2)7-8/h3,6H,1H2,2H3. The minimum absolute atomic E-state index is 0.419. The van der Waals surface area contributed by atoms with E-state index in [0.717, 1.165) is 5.01 Å². The van der Waals surface area contributed by atoms with Gasteiger partial charge in [-0.05, 0) is 6.92 Å². The molecular weight excluding hydrogens is 134 g/mol. The van der Waals surface area contributed by atoms with Gasteiger partial charge in [0.15, 0.2) is 0 Å². The predicted octanol–water partition coefficient (Wildman–Crippen LogP) is 0.833.